The molecule has 0 spiro atoms. The lowest BCUT2D eigenvalue weighted by molar-refractivity contribution is -0.179. The summed E-state index contributed by atoms with van der Waals surface area (Å²) in [5.74, 6) is 5.24. The van der Waals surface area contributed by atoms with Crippen molar-refractivity contribution < 1.29 is 24.6 Å². The van der Waals surface area contributed by atoms with Crippen LogP contribution in [-0.4, -0.2) is 60.0 Å². The summed E-state index contributed by atoms with van der Waals surface area (Å²) >= 11 is 0. The van der Waals surface area contributed by atoms with Crippen LogP contribution in [0.25, 0.3) is 0 Å². The number of aliphatic carboxylic acids is 1. The molecule has 1 aliphatic rings. The fourth-order valence-electron chi connectivity index (χ4n) is 2.80. The SMILES string of the molecule is CN=C(NCC(O)CN)c1ccc2c(c1)CCC(C(C)(ON)C(=O)O)O2. The topological polar surface area (TPSA) is 152 Å². The fraction of sp³-hybridized carbons (Fsp3) is 0.529. The number of ether oxygens (including phenoxy) is 1. The van der Waals surface area contributed by atoms with Gasteiger partial charge in [-0.3, -0.25) is 9.83 Å². The Morgan fingerprint density at radius 3 is 2.88 bits per heavy atom. The molecule has 0 saturated heterocycles. The number of aliphatic hydroxyl groups excluding tert-OH is 1. The van der Waals surface area contributed by atoms with Gasteiger partial charge >= 0.3 is 5.97 Å². The number of fused-ring (bicyclic) bond motifs is 1. The average Bonchev–Trinajstić information content (AvgIpc) is 2.66. The smallest absolute Gasteiger partial charge is 0.341 e. The fourth-order valence-corrected chi connectivity index (χ4v) is 2.80. The first-order valence-electron chi connectivity index (χ1n) is 8.35. The maximum Gasteiger partial charge on any atom is 0.341 e. The molecule has 0 aromatic heterocycles. The van der Waals surface area contributed by atoms with Crippen LogP contribution in [0.4, 0.5) is 0 Å². The van der Waals surface area contributed by atoms with Crippen LogP contribution in [0, 0.1) is 0 Å². The van der Waals surface area contributed by atoms with Gasteiger partial charge in [0.05, 0.1) is 6.10 Å². The van der Waals surface area contributed by atoms with Crippen LogP contribution in [-0.2, 0) is 16.1 Å². The van der Waals surface area contributed by atoms with Gasteiger partial charge in [-0.05, 0) is 43.5 Å². The minimum absolute atomic E-state index is 0.162. The van der Waals surface area contributed by atoms with E-state index < -0.39 is 23.8 Å². The predicted molar refractivity (Wildman–Crippen MR) is 96.0 cm³/mol. The average molecular weight is 366 g/mol. The van der Waals surface area contributed by atoms with E-state index in [-0.39, 0.29) is 6.54 Å². The van der Waals surface area contributed by atoms with Gasteiger partial charge in [-0.2, -0.15) is 0 Å². The van der Waals surface area contributed by atoms with Crippen molar-refractivity contribution in [3.05, 3.63) is 29.3 Å². The van der Waals surface area contributed by atoms with E-state index in [2.05, 4.69) is 10.3 Å². The molecule has 2 rings (SSSR count). The first-order chi connectivity index (χ1) is 12.3. The second kappa shape index (κ2) is 8.45. The van der Waals surface area contributed by atoms with Gasteiger partial charge in [0, 0.05) is 25.7 Å². The van der Waals surface area contributed by atoms with Gasteiger partial charge in [0.25, 0.3) is 0 Å². The lowest BCUT2D eigenvalue weighted by atomic mass is 9.90. The Kier molecular flexibility index (Phi) is 6.54. The predicted octanol–water partition coefficient (Wildman–Crippen LogP) is -0.601. The molecule has 1 aliphatic heterocycles. The first-order valence-corrected chi connectivity index (χ1v) is 8.35. The Morgan fingerprint density at radius 1 is 1.58 bits per heavy atom. The summed E-state index contributed by atoms with van der Waals surface area (Å²) in [5, 5.41) is 22.0. The molecule has 0 saturated carbocycles. The van der Waals surface area contributed by atoms with Crippen molar-refractivity contribution >= 4 is 11.8 Å². The van der Waals surface area contributed by atoms with Crippen LogP contribution < -0.4 is 21.7 Å². The van der Waals surface area contributed by atoms with Crippen molar-refractivity contribution in [2.24, 2.45) is 16.6 Å². The molecule has 1 aromatic rings. The van der Waals surface area contributed by atoms with Crippen molar-refractivity contribution in [3.63, 3.8) is 0 Å². The molecule has 9 heteroatoms. The van der Waals surface area contributed by atoms with E-state index in [4.69, 9.17) is 21.2 Å². The van der Waals surface area contributed by atoms with Gasteiger partial charge < -0.3 is 26.0 Å². The third-order valence-electron chi connectivity index (χ3n) is 4.56. The van der Waals surface area contributed by atoms with E-state index in [1.807, 2.05) is 12.1 Å². The third kappa shape index (κ3) is 4.13. The summed E-state index contributed by atoms with van der Waals surface area (Å²) in [7, 11) is 1.65. The first kappa shape index (κ1) is 20.1. The molecule has 1 heterocycles. The highest BCUT2D eigenvalue weighted by Gasteiger charge is 2.46. The van der Waals surface area contributed by atoms with Gasteiger partial charge in [-0.1, -0.05) is 0 Å². The Labute approximate surface area is 151 Å². The molecule has 1 aromatic carbocycles. The number of carbonyl (C=O) groups is 1. The number of carboxylic acids is 1. The number of rotatable bonds is 7. The van der Waals surface area contributed by atoms with Crippen molar-refractivity contribution in [2.45, 2.75) is 37.6 Å². The van der Waals surface area contributed by atoms with Gasteiger partial charge in [0.2, 0.25) is 5.60 Å². The highest BCUT2D eigenvalue weighted by atomic mass is 16.7. The number of aryl methyl sites for hydroxylation is 1. The zero-order valence-corrected chi connectivity index (χ0v) is 14.9. The molecule has 0 fully saturated rings. The van der Waals surface area contributed by atoms with Crippen LogP contribution in [0.2, 0.25) is 0 Å². The van der Waals surface area contributed by atoms with Gasteiger partial charge in [0.1, 0.15) is 17.7 Å². The minimum Gasteiger partial charge on any atom is -0.486 e. The second-order valence-corrected chi connectivity index (χ2v) is 6.34. The van der Waals surface area contributed by atoms with E-state index >= 15 is 0 Å². The molecule has 0 amide bonds. The quantitative estimate of drug-likeness (QED) is 0.244. The largest absolute Gasteiger partial charge is 0.486 e. The monoisotopic (exact) mass is 366 g/mol. The van der Waals surface area contributed by atoms with E-state index in [0.717, 1.165) is 11.1 Å². The Morgan fingerprint density at radius 2 is 2.31 bits per heavy atom. The van der Waals surface area contributed by atoms with Crippen molar-refractivity contribution in [3.8, 4) is 5.75 Å². The van der Waals surface area contributed by atoms with E-state index in [0.29, 0.717) is 31.0 Å². The second-order valence-electron chi connectivity index (χ2n) is 6.34. The Hall–Kier alpha value is -2.20. The number of nitrogens with one attached hydrogen (secondary N) is 1. The standard InChI is InChI=1S/C17H26N4O5/c1-17(26-19,16(23)24)14-6-4-10-7-11(3-5-13(10)25-14)15(20-2)21-9-12(22)8-18/h3,5,7,12,14,22H,4,6,8-9,18-19H2,1-2H3,(H,20,21)(H,23,24). The molecular weight excluding hydrogens is 340 g/mol. The molecule has 3 unspecified atom stereocenters. The molecular formula is C17H26N4O5. The molecule has 26 heavy (non-hydrogen) atoms. The lowest BCUT2D eigenvalue weighted by Gasteiger charge is -2.35. The van der Waals surface area contributed by atoms with E-state index in [1.165, 1.54) is 6.92 Å². The van der Waals surface area contributed by atoms with Gasteiger partial charge in [-0.15, -0.1) is 0 Å². The lowest BCUT2D eigenvalue weighted by Crippen LogP contribution is -2.54. The maximum atomic E-state index is 11.5. The number of aliphatic hydroxyl groups is 1. The van der Waals surface area contributed by atoms with Crippen LogP contribution in [0.3, 0.4) is 0 Å². The zero-order valence-electron chi connectivity index (χ0n) is 14.9. The number of hydrogen-bond acceptors (Lipinski definition) is 7. The number of benzene rings is 1. The third-order valence-corrected chi connectivity index (χ3v) is 4.56. The highest BCUT2D eigenvalue weighted by molar-refractivity contribution is 5.99. The number of amidine groups is 1. The zero-order chi connectivity index (χ0) is 19.3. The molecule has 3 atom stereocenters. The molecule has 144 valence electrons. The summed E-state index contributed by atoms with van der Waals surface area (Å²) in [5.41, 5.74) is 5.56. The summed E-state index contributed by atoms with van der Waals surface area (Å²) in [6.07, 6.45) is -0.282. The number of carboxylic acid groups (broad SMARTS) is 1. The van der Waals surface area contributed by atoms with Crippen LogP contribution >= 0.6 is 0 Å². The number of nitrogens with two attached hydrogens (primary N) is 2. The van der Waals surface area contributed by atoms with Crippen molar-refractivity contribution in [2.75, 3.05) is 20.1 Å². The summed E-state index contributed by atoms with van der Waals surface area (Å²) in [4.78, 5) is 20.4. The molecule has 0 radical (unpaired) electrons. The number of aliphatic imine (C=N–C) groups is 1. The molecule has 9 nitrogen and oxygen atoms in total. The van der Waals surface area contributed by atoms with Crippen molar-refractivity contribution in [1.29, 1.82) is 0 Å². The summed E-state index contributed by atoms with van der Waals surface area (Å²) < 4.78 is 5.83. The van der Waals surface area contributed by atoms with E-state index in [9.17, 15) is 15.0 Å². The summed E-state index contributed by atoms with van der Waals surface area (Å²) in [6, 6.07) is 5.51. The normalized spacial score (nSPS) is 20.5. The number of nitrogens with zero attached hydrogens (tertiary/aromatic N) is 1. The Balaban J connectivity index is 2.17. The molecule has 0 aliphatic carbocycles. The number of hydrogen-bond donors (Lipinski definition) is 5. The van der Waals surface area contributed by atoms with Crippen molar-refractivity contribution in [1.82, 2.24) is 5.32 Å². The minimum atomic E-state index is -1.62. The summed E-state index contributed by atoms with van der Waals surface area (Å²) in [6.45, 7) is 1.85. The molecule has 7 N–H and O–H groups in total. The van der Waals surface area contributed by atoms with Crippen LogP contribution in [0.5, 0.6) is 5.75 Å². The molecule has 0 bridgehead atoms. The van der Waals surface area contributed by atoms with E-state index in [1.54, 1.807) is 13.1 Å². The van der Waals surface area contributed by atoms with Crippen LogP contribution in [0.1, 0.15) is 24.5 Å². The highest BCUT2D eigenvalue weighted by Crippen LogP contribution is 2.33. The van der Waals surface area contributed by atoms with Crippen LogP contribution in [0.15, 0.2) is 23.2 Å². The Bertz CT molecular complexity index is 681. The van der Waals surface area contributed by atoms with Gasteiger partial charge in [-0.25, -0.2) is 10.7 Å². The maximum absolute atomic E-state index is 11.5. The van der Waals surface area contributed by atoms with Gasteiger partial charge in [0.15, 0.2) is 0 Å².